The monoisotopic (exact) mass is 238 g/mol. The third kappa shape index (κ3) is 1.84. The van der Waals surface area contributed by atoms with Crippen LogP contribution in [0.2, 0.25) is 0 Å². The molecule has 1 heterocycles. The second-order valence-corrected chi connectivity index (χ2v) is 4.40. The van der Waals surface area contributed by atoms with E-state index in [2.05, 4.69) is 4.98 Å². The van der Waals surface area contributed by atoms with E-state index in [4.69, 9.17) is 10.2 Å². The number of oxazole rings is 1. The van der Waals surface area contributed by atoms with Gasteiger partial charge in [0.05, 0.1) is 6.42 Å². The average Bonchev–Trinajstić information content (AvgIpc) is 2.76. The zero-order valence-electron chi connectivity index (χ0n) is 10.2. The lowest BCUT2D eigenvalue weighted by molar-refractivity contribution is 0.544. The van der Waals surface area contributed by atoms with E-state index in [1.165, 1.54) is 0 Å². The van der Waals surface area contributed by atoms with Crippen molar-refractivity contribution in [3.05, 3.63) is 59.5 Å². The van der Waals surface area contributed by atoms with Gasteiger partial charge in [0.1, 0.15) is 5.52 Å². The Balaban J connectivity index is 2.01. The predicted molar refractivity (Wildman–Crippen MR) is 72.4 cm³/mol. The van der Waals surface area contributed by atoms with Crippen LogP contribution in [0.4, 0.5) is 5.69 Å². The van der Waals surface area contributed by atoms with Gasteiger partial charge in [-0.1, -0.05) is 30.3 Å². The Kier molecular flexibility index (Phi) is 2.52. The first kappa shape index (κ1) is 10.8. The molecule has 0 saturated carbocycles. The maximum atomic E-state index is 5.92. The molecule has 0 aliphatic heterocycles. The van der Waals surface area contributed by atoms with Crippen molar-refractivity contribution in [1.82, 2.24) is 4.98 Å². The number of fused-ring (bicyclic) bond motifs is 1. The maximum absolute atomic E-state index is 5.92. The molecule has 0 fully saturated rings. The summed E-state index contributed by atoms with van der Waals surface area (Å²) in [5.41, 5.74) is 10.6. The topological polar surface area (TPSA) is 52.0 Å². The van der Waals surface area contributed by atoms with Crippen molar-refractivity contribution in [2.45, 2.75) is 13.3 Å². The molecule has 0 atom stereocenters. The van der Waals surface area contributed by atoms with E-state index in [0.717, 1.165) is 27.9 Å². The molecule has 0 aliphatic rings. The van der Waals surface area contributed by atoms with Gasteiger partial charge in [-0.15, -0.1) is 0 Å². The number of para-hydroxylation sites is 2. The number of hydrogen-bond donors (Lipinski definition) is 1. The fourth-order valence-corrected chi connectivity index (χ4v) is 2.07. The molecule has 0 spiro atoms. The first-order valence-electron chi connectivity index (χ1n) is 5.92. The second-order valence-electron chi connectivity index (χ2n) is 4.40. The molecule has 2 N–H and O–H groups in total. The molecule has 90 valence electrons. The minimum atomic E-state index is 0.626. The van der Waals surface area contributed by atoms with Crippen LogP contribution in [0, 0.1) is 6.92 Å². The Labute approximate surface area is 105 Å². The summed E-state index contributed by atoms with van der Waals surface area (Å²) in [5, 5.41) is 0. The Bertz CT molecular complexity index is 701. The molecular formula is C15H14N2O. The van der Waals surface area contributed by atoms with E-state index in [1.807, 2.05) is 49.4 Å². The summed E-state index contributed by atoms with van der Waals surface area (Å²) in [5.74, 6) is 0.706. The fourth-order valence-electron chi connectivity index (χ4n) is 2.07. The molecule has 1 aromatic heterocycles. The molecule has 0 aliphatic carbocycles. The summed E-state index contributed by atoms with van der Waals surface area (Å²) >= 11 is 0. The van der Waals surface area contributed by atoms with E-state index >= 15 is 0 Å². The number of hydrogen-bond acceptors (Lipinski definition) is 3. The van der Waals surface area contributed by atoms with Crippen molar-refractivity contribution in [2.75, 3.05) is 5.73 Å². The number of aryl methyl sites for hydroxylation is 1. The average molecular weight is 238 g/mol. The van der Waals surface area contributed by atoms with Gasteiger partial charge in [-0.25, -0.2) is 4.98 Å². The number of rotatable bonds is 2. The normalized spacial score (nSPS) is 10.9. The van der Waals surface area contributed by atoms with Gasteiger partial charge in [0.25, 0.3) is 0 Å². The largest absolute Gasteiger partial charge is 0.440 e. The second kappa shape index (κ2) is 4.18. The standard InChI is InChI=1S/C15H14N2O/c1-10-5-4-8-13-15(10)17-14(18-13)9-11-6-2-3-7-12(11)16/h2-8H,9,16H2,1H3. The summed E-state index contributed by atoms with van der Waals surface area (Å²) in [6.07, 6.45) is 0.626. The third-order valence-electron chi connectivity index (χ3n) is 3.06. The first-order valence-corrected chi connectivity index (χ1v) is 5.92. The van der Waals surface area contributed by atoms with Gasteiger partial charge in [-0.2, -0.15) is 0 Å². The van der Waals surface area contributed by atoms with Gasteiger partial charge >= 0.3 is 0 Å². The summed E-state index contributed by atoms with van der Waals surface area (Å²) in [6.45, 7) is 2.03. The molecule has 0 saturated heterocycles. The molecule has 0 amide bonds. The number of nitrogens with two attached hydrogens (primary N) is 1. The van der Waals surface area contributed by atoms with Gasteiger partial charge in [0, 0.05) is 5.69 Å². The molecule has 0 unspecified atom stereocenters. The Hall–Kier alpha value is -2.29. The number of nitrogen functional groups attached to an aromatic ring is 1. The van der Waals surface area contributed by atoms with E-state index < -0.39 is 0 Å². The van der Waals surface area contributed by atoms with Gasteiger partial charge in [-0.05, 0) is 30.2 Å². The highest BCUT2D eigenvalue weighted by Crippen LogP contribution is 2.22. The lowest BCUT2D eigenvalue weighted by Crippen LogP contribution is -1.95. The summed E-state index contributed by atoms with van der Waals surface area (Å²) in [6, 6.07) is 13.7. The molecule has 3 rings (SSSR count). The van der Waals surface area contributed by atoms with Crippen LogP contribution in [0.25, 0.3) is 11.1 Å². The molecule has 2 aromatic carbocycles. The van der Waals surface area contributed by atoms with Crippen molar-refractivity contribution in [2.24, 2.45) is 0 Å². The van der Waals surface area contributed by atoms with Crippen LogP contribution in [0.3, 0.4) is 0 Å². The third-order valence-corrected chi connectivity index (χ3v) is 3.06. The number of aromatic nitrogens is 1. The summed E-state index contributed by atoms with van der Waals surface area (Å²) in [4.78, 5) is 4.53. The minimum absolute atomic E-state index is 0.626. The van der Waals surface area contributed by atoms with Crippen LogP contribution in [-0.2, 0) is 6.42 Å². The van der Waals surface area contributed by atoms with Crippen molar-refractivity contribution in [1.29, 1.82) is 0 Å². The van der Waals surface area contributed by atoms with E-state index in [1.54, 1.807) is 0 Å². The van der Waals surface area contributed by atoms with Crippen LogP contribution in [0.5, 0.6) is 0 Å². The molecule has 0 bridgehead atoms. The lowest BCUT2D eigenvalue weighted by Gasteiger charge is -2.01. The van der Waals surface area contributed by atoms with Crippen LogP contribution in [-0.4, -0.2) is 4.98 Å². The van der Waals surface area contributed by atoms with Gasteiger partial charge in [-0.3, -0.25) is 0 Å². The minimum Gasteiger partial charge on any atom is -0.440 e. The van der Waals surface area contributed by atoms with Crippen LogP contribution in [0.15, 0.2) is 46.9 Å². The fraction of sp³-hybridized carbons (Fsp3) is 0.133. The quantitative estimate of drug-likeness (QED) is 0.697. The van der Waals surface area contributed by atoms with Crippen molar-refractivity contribution in [3.8, 4) is 0 Å². The molecule has 3 nitrogen and oxygen atoms in total. The zero-order valence-corrected chi connectivity index (χ0v) is 10.2. The molecular weight excluding hydrogens is 224 g/mol. The number of nitrogens with zero attached hydrogens (tertiary/aromatic N) is 1. The zero-order chi connectivity index (χ0) is 12.5. The highest BCUT2D eigenvalue weighted by atomic mass is 16.3. The van der Waals surface area contributed by atoms with Gasteiger partial charge in [0.2, 0.25) is 0 Å². The van der Waals surface area contributed by atoms with E-state index in [-0.39, 0.29) is 0 Å². The molecule has 3 aromatic rings. The molecule has 0 radical (unpaired) electrons. The van der Waals surface area contributed by atoms with E-state index in [9.17, 15) is 0 Å². The lowest BCUT2D eigenvalue weighted by atomic mass is 10.1. The summed E-state index contributed by atoms with van der Waals surface area (Å²) in [7, 11) is 0. The van der Waals surface area contributed by atoms with Gasteiger partial charge < -0.3 is 10.2 Å². The Morgan fingerprint density at radius 1 is 1.11 bits per heavy atom. The molecule has 18 heavy (non-hydrogen) atoms. The summed E-state index contributed by atoms with van der Waals surface area (Å²) < 4.78 is 5.74. The Morgan fingerprint density at radius 3 is 2.72 bits per heavy atom. The van der Waals surface area contributed by atoms with Gasteiger partial charge in [0.15, 0.2) is 11.5 Å². The van der Waals surface area contributed by atoms with Crippen LogP contribution in [0.1, 0.15) is 17.0 Å². The number of anilines is 1. The van der Waals surface area contributed by atoms with Crippen molar-refractivity contribution < 1.29 is 4.42 Å². The first-order chi connectivity index (χ1) is 8.74. The van der Waals surface area contributed by atoms with Crippen molar-refractivity contribution >= 4 is 16.8 Å². The van der Waals surface area contributed by atoms with Crippen LogP contribution < -0.4 is 5.73 Å². The number of benzene rings is 2. The smallest absolute Gasteiger partial charge is 0.199 e. The molecule has 3 heteroatoms. The highest BCUT2D eigenvalue weighted by Gasteiger charge is 2.09. The van der Waals surface area contributed by atoms with E-state index in [0.29, 0.717) is 12.3 Å². The maximum Gasteiger partial charge on any atom is 0.199 e. The Morgan fingerprint density at radius 2 is 1.94 bits per heavy atom. The highest BCUT2D eigenvalue weighted by molar-refractivity contribution is 5.76. The van der Waals surface area contributed by atoms with Crippen LogP contribution >= 0.6 is 0 Å². The van der Waals surface area contributed by atoms with Crippen molar-refractivity contribution in [3.63, 3.8) is 0 Å². The predicted octanol–water partition coefficient (Wildman–Crippen LogP) is 3.31. The SMILES string of the molecule is Cc1cccc2oc(Cc3ccccc3N)nc12.